The van der Waals surface area contributed by atoms with Crippen LogP contribution < -0.4 is 10.6 Å². The number of carbonyl (C=O) groups is 2. The molecule has 1 atom stereocenters. The quantitative estimate of drug-likeness (QED) is 0.647. The van der Waals surface area contributed by atoms with E-state index in [4.69, 9.17) is 0 Å². The zero-order valence-electron chi connectivity index (χ0n) is 18.5. The number of piperidine rings is 1. The number of nitrogens with zero attached hydrogens (tertiary/aromatic N) is 3. The Bertz CT molecular complexity index is 967. The van der Waals surface area contributed by atoms with Gasteiger partial charge in [0.25, 0.3) is 0 Å². The van der Waals surface area contributed by atoms with Gasteiger partial charge in [-0.15, -0.1) is 0 Å². The van der Waals surface area contributed by atoms with Gasteiger partial charge in [-0.2, -0.15) is 0 Å². The van der Waals surface area contributed by atoms with Gasteiger partial charge in [0.2, 0.25) is 0 Å². The van der Waals surface area contributed by atoms with E-state index in [1.807, 2.05) is 18.3 Å². The summed E-state index contributed by atoms with van der Waals surface area (Å²) in [6.07, 6.45) is 5.14. The average Bonchev–Trinajstić information content (AvgIpc) is 2.84. The van der Waals surface area contributed by atoms with Gasteiger partial charge in [-0.1, -0.05) is 12.1 Å². The summed E-state index contributed by atoms with van der Waals surface area (Å²) in [5, 5.41) is 5.45. The molecule has 2 aliphatic rings. The van der Waals surface area contributed by atoms with Gasteiger partial charge < -0.3 is 15.5 Å². The second-order valence-electron chi connectivity index (χ2n) is 8.54. The molecule has 4 rings (SSSR count). The second-order valence-corrected chi connectivity index (χ2v) is 8.54. The van der Waals surface area contributed by atoms with Crippen LogP contribution in [-0.2, 0) is 0 Å². The molecule has 0 aliphatic carbocycles. The zero-order chi connectivity index (χ0) is 23.2. The Morgan fingerprint density at radius 2 is 1.94 bits per heavy atom. The number of amides is 4. The summed E-state index contributed by atoms with van der Waals surface area (Å²) >= 11 is 0. The predicted octanol–water partition coefficient (Wildman–Crippen LogP) is 3.80. The van der Waals surface area contributed by atoms with Crippen LogP contribution in [0.15, 0.2) is 42.6 Å². The van der Waals surface area contributed by atoms with Gasteiger partial charge in [-0.3, -0.25) is 4.98 Å². The maximum absolute atomic E-state index is 13.7. The fourth-order valence-corrected chi connectivity index (χ4v) is 4.59. The number of nitrogens with one attached hydrogen (secondary N) is 2. The topological polar surface area (TPSA) is 77.6 Å². The van der Waals surface area contributed by atoms with Crippen LogP contribution in [0, 0.1) is 11.6 Å². The lowest BCUT2D eigenvalue weighted by Gasteiger charge is -2.35. The summed E-state index contributed by atoms with van der Waals surface area (Å²) in [5.74, 6) is -1.46. The van der Waals surface area contributed by atoms with Gasteiger partial charge in [-0.25, -0.2) is 23.3 Å². The first kappa shape index (κ1) is 23.1. The van der Waals surface area contributed by atoms with E-state index < -0.39 is 29.7 Å². The number of halogens is 2. The van der Waals surface area contributed by atoms with E-state index in [9.17, 15) is 18.4 Å². The molecule has 1 unspecified atom stereocenters. The number of rotatable bonds is 6. The molecule has 2 N–H and O–H groups in total. The molecule has 2 fully saturated rings. The molecule has 2 aromatic rings. The highest BCUT2D eigenvalue weighted by Gasteiger charge is 2.34. The van der Waals surface area contributed by atoms with E-state index >= 15 is 0 Å². The van der Waals surface area contributed by atoms with Crippen molar-refractivity contribution in [2.75, 3.05) is 32.7 Å². The van der Waals surface area contributed by atoms with Crippen LogP contribution in [0.2, 0.25) is 0 Å². The first-order valence-electron chi connectivity index (χ1n) is 11.5. The molecule has 0 spiro atoms. The fourth-order valence-electron chi connectivity index (χ4n) is 4.59. The van der Waals surface area contributed by atoms with Crippen LogP contribution >= 0.6 is 0 Å². The summed E-state index contributed by atoms with van der Waals surface area (Å²) in [6, 6.07) is 7.81. The van der Waals surface area contributed by atoms with Gasteiger partial charge in [0, 0.05) is 30.9 Å². The maximum atomic E-state index is 13.7. The first-order chi connectivity index (χ1) is 16.0. The lowest BCUT2D eigenvalue weighted by atomic mass is 9.93. The number of likely N-dealkylation sites (tertiary alicyclic amines) is 1. The molecule has 2 saturated heterocycles. The molecule has 0 radical (unpaired) electrons. The third kappa shape index (κ3) is 5.65. The third-order valence-corrected chi connectivity index (χ3v) is 6.39. The Morgan fingerprint density at radius 1 is 1.12 bits per heavy atom. The molecular formula is C24H29F2N5O2. The van der Waals surface area contributed by atoms with Crippen molar-refractivity contribution < 1.29 is 18.4 Å². The van der Waals surface area contributed by atoms with Crippen molar-refractivity contribution in [3.05, 3.63) is 65.5 Å². The predicted molar refractivity (Wildman–Crippen MR) is 120 cm³/mol. The Morgan fingerprint density at radius 3 is 2.67 bits per heavy atom. The molecule has 1 aromatic heterocycles. The summed E-state index contributed by atoms with van der Waals surface area (Å²) in [6.45, 7) is 3.62. The van der Waals surface area contributed by atoms with Gasteiger partial charge in [-0.05, 0) is 75.1 Å². The lowest BCUT2D eigenvalue weighted by molar-refractivity contribution is 0.154. The van der Waals surface area contributed by atoms with Crippen molar-refractivity contribution in [3.8, 4) is 0 Å². The van der Waals surface area contributed by atoms with Gasteiger partial charge in [0.1, 0.15) is 0 Å². The minimum absolute atomic E-state index is 0.362. The largest absolute Gasteiger partial charge is 0.338 e. The Kier molecular flexibility index (Phi) is 7.49. The first-order valence-corrected chi connectivity index (χ1v) is 11.5. The molecule has 4 amide bonds. The number of carbonyl (C=O) groups excluding carboxylic acids is 2. The lowest BCUT2D eigenvalue weighted by Crippen LogP contribution is -2.54. The third-order valence-electron chi connectivity index (χ3n) is 6.39. The molecule has 176 valence electrons. The van der Waals surface area contributed by atoms with E-state index in [0.717, 1.165) is 61.6 Å². The Balaban J connectivity index is 1.24. The fraction of sp³-hybridized carbons (Fsp3) is 0.458. The van der Waals surface area contributed by atoms with Gasteiger partial charge in [0.05, 0.1) is 6.04 Å². The van der Waals surface area contributed by atoms with Crippen LogP contribution in [-0.4, -0.2) is 59.6 Å². The highest BCUT2D eigenvalue weighted by Crippen LogP contribution is 2.28. The number of aromatic nitrogens is 1. The SMILES string of the molecule is O=C(NCCCN1CCC(c2ccccn2)CC1)N1C(=O)NCCC1c1ccc(F)c(F)c1. The van der Waals surface area contributed by atoms with Crippen LogP contribution in [0.3, 0.4) is 0 Å². The van der Waals surface area contributed by atoms with Gasteiger partial charge >= 0.3 is 12.1 Å². The van der Waals surface area contributed by atoms with Crippen molar-refractivity contribution in [2.45, 2.75) is 37.6 Å². The van der Waals surface area contributed by atoms with E-state index in [1.165, 1.54) is 6.07 Å². The highest BCUT2D eigenvalue weighted by molar-refractivity contribution is 5.94. The molecule has 0 saturated carbocycles. The number of benzene rings is 1. The van der Waals surface area contributed by atoms with E-state index in [1.54, 1.807) is 0 Å². The van der Waals surface area contributed by atoms with Crippen molar-refractivity contribution in [1.29, 1.82) is 0 Å². The number of pyridine rings is 1. The van der Waals surface area contributed by atoms with Crippen molar-refractivity contribution in [3.63, 3.8) is 0 Å². The van der Waals surface area contributed by atoms with Crippen LogP contribution in [0.4, 0.5) is 18.4 Å². The number of hydrogen-bond donors (Lipinski definition) is 2. The summed E-state index contributed by atoms with van der Waals surface area (Å²) < 4.78 is 27.0. The van der Waals surface area contributed by atoms with Crippen molar-refractivity contribution >= 4 is 12.1 Å². The van der Waals surface area contributed by atoms with Crippen molar-refractivity contribution in [1.82, 2.24) is 25.4 Å². The standard InChI is InChI=1S/C24H29F2N5O2/c25-19-6-5-18(16-20(19)26)22-7-12-29-24(33)31(22)23(32)28-11-3-13-30-14-8-17(9-15-30)21-4-1-2-10-27-21/h1-2,4-6,10,16-17,22H,3,7-9,11-15H2,(H,28,32)(H,29,33). The van der Waals surface area contributed by atoms with E-state index in [2.05, 4.69) is 26.6 Å². The second kappa shape index (κ2) is 10.7. The smallest absolute Gasteiger partial charge is 0.326 e. The maximum Gasteiger partial charge on any atom is 0.326 e. The molecular weight excluding hydrogens is 428 g/mol. The number of urea groups is 2. The average molecular weight is 458 g/mol. The monoisotopic (exact) mass is 457 g/mol. The normalized spacial score (nSPS) is 19.9. The molecule has 2 aliphatic heterocycles. The molecule has 1 aromatic carbocycles. The zero-order valence-corrected chi connectivity index (χ0v) is 18.5. The highest BCUT2D eigenvalue weighted by atomic mass is 19.2. The number of hydrogen-bond acceptors (Lipinski definition) is 4. The van der Waals surface area contributed by atoms with Crippen LogP contribution in [0.25, 0.3) is 0 Å². The van der Waals surface area contributed by atoms with E-state index in [-0.39, 0.29) is 0 Å². The van der Waals surface area contributed by atoms with Crippen LogP contribution in [0.5, 0.6) is 0 Å². The molecule has 0 bridgehead atoms. The summed E-state index contributed by atoms with van der Waals surface area (Å²) in [7, 11) is 0. The molecule has 33 heavy (non-hydrogen) atoms. The minimum Gasteiger partial charge on any atom is -0.338 e. The summed E-state index contributed by atoms with van der Waals surface area (Å²) in [4.78, 5) is 33.0. The van der Waals surface area contributed by atoms with Gasteiger partial charge in [0.15, 0.2) is 11.6 Å². The molecule has 3 heterocycles. The molecule has 7 nitrogen and oxygen atoms in total. The Hall–Kier alpha value is -3.07. The number of imide groups is 1. The van der Waals surface area contributed by atoms with Crippen LogP contribution in [0.1, 0.15) is 48.9 Å². The summed E-state index contributed by atoms with van der Waals surface area (Å²) in [5.41, 5.74) is 1.55. The van der Waals surface area contributed by atoms with Crippen molar-refractivity contribution in [2.24, 2.45) is 0 Å². The van der Waals surface area contributed by atoms with E-state index in [0.29, 0.717) is 31.0 Å². The molecule has 9 heteroatoms. The minimum atomic E-state index is -0.995. The Labute approximate surface area is 192 Å².